The molecule has 0 radical (unpaired) electrons. The first-order chi connectivity index (χ1) is 11.2. The third-order valence-corrected chi connectivity index (χ3v) is 3.62. The minimum atomic E-state index is -0.332. The van der Waals surface area contributed by atoms with Gasteiger partial charge in [0.25, 0.3) is 0 Å². The quantitative estimate of drug-likeness (QED) is 0.726. The van der Waals surface area contributed by atoms with E-state index >= 15 is 0 Å². The van der Waals surface area contributed by atoms with Crippen LogP contribution in [-0.2, 0) is 6.54 Å². The summed E-state index contributed by atoms with van der Waals surface area (Å²) in [5, 5.41) is 4.43. The van der Waals surface area contributed by atoms with Gasteiger partial charge in [-0.15, -0.1) is 0 Å². The molecule has 0 aliphatic heterocycles. The van der Waals surface area contributed by atoms with Crippen LogP contribution in [0, 0.1) is 5.82 Å². The summed E-state index contributed by atoms with van der Waals surface area (Å²) in [5.74, 6) is -0.332. The molecule has 0 aliphatic rings. The Bertz CT molecular complexity index is 855. The molecule has 0 saturated carbocycles. The molecule has 116 valence electrons. The Morgan fingerprint density at radius 2 is 1.70 bits per heavy atom. The van der Waals surface area contributed by atoms with Crippen molar-refractivity contribution in [1.82, 2.24) is 9.78 Å². The highest BCUT2D eigenvalue weighted by atomic mass is 19.1. The van der Waals surface area contributed by atoms with Gasteiger partial charge in [0.05, 0.1) is 0 Å². The predicted octanol–water partition coefficient (Wildman–Crippen LogP) is 4.13. The Kier molecular flexibility index (Phi) is 4.33. The average molecular weight is 308 g/mol. The molecule has 0 saturated heterocycles. The lowest BCUT2D eigenvalue weighted by Crippen LogP contribution is -2.17. The van der Waals surface area contributed by atoms with Gasteiger partial charge in [-0.3, -0.25) is 9.48 Å². The highest BCUT2D eigenvalue weighted by molar-refractivity contribution is 5.69. The summed E-state index contributed by atoms with van der Waals surface area (Å²) in [6.07, 6.45) is 2.70. The fraction of sp³-hybridized carbons (Fsp3) is 0.158. The Hall–Kier alpha value is -2.75. The molecule has 3 rings (SSSR count). The fourth-order valence-corrected chi connectivity index (χ4v) is 2.50. The number of nitrogens with zero attached hydrogens (tertiary/aromatic N) is 2. The van der Waals surface area contributed by atoms with Crippen molar-refractivity contribution < 1.29 is 4.39 Å². The number of hydrogen-bond donors (Lipinski definition) is 0. The summed E-state index contributed by atoms with van der Waals surface area (Å²) in [7, 11) is 0. The van der Waals surface area contributed by atoms with E-state index in [1.165, 1.54) is 12.1 Å². The van der Waals surface area contributed by atoms with Gasteiger partial charge >= 0.3 is 0 Å². The summed E-state index contributed by atoms with van der Waals surface area (Å²) >= 11 is 0. The maximum atomic E-state index is 13.1. The van der Waals surface area contributed by atoms with Crippen LogP contribution in [0.3, 0.4) is 0 Å². The molecule has 3 nitrogen and oxygen atoms in total. The van der Waals surface area contributed by atoms with Crippen molar-refractivity contribution >= 4 is 0 Å². The Morgan fingerprint density at radius 3 is 2.35 bits per heavy atom. The van der Waals surface area contributed by atoms with Crippen LogP contribution in [0.5, 0.6) is 0 Å². The first-order valence-electron chi connectivity index (χ1n) is 7.62. The first kappa shape index (κ1) is 15.2. The van der Waals surface area contributed by atoms with Crippen molar-refractivity contribution in [2.24, 2.45) is 0 Å². The number of benzene rings is 2. The van der Waals surface area contributed by atoms with Gasteiger partial charge in [0, 0.05) is 23.9 Å². The average Bonchev–Trinajstić information content (AvgIpc) is 2.58. The van der Waals surface area contributed by atoms with Crippen molar-refractivity contribution in [3.8, 4) is 22.4 Å². The maximum Gasteiger partial charge on any atom is 0.215 e. The van der Waals surface area contributed by atoms with Gasteiger partial charge < -0.3 is 0 Å². The van der Waals surface area contributed by atoms with E-state index in [4.69, 9.17) is 0 Å². The van der Waals surface area contributed by atoms with Crippen molar-refractivity contribution in [2.45, 2.75) is 19.9 Å². The summed E-state index contributed by atoms with van der Waals surface area (Å²) in [6, 6.07) is 15.4. The monoisotopic (exact) mass is 308 g/mol. The molecule has 0 amide bonds. The number of rotatable bonds is 4. The molecule has 2 aromatic carbocycles. The third kappa shape index (κ3) is 3.21. The van der Waals surface area contributed by atoms with E-state index < -0.39 is 0 Å². The maximum absolute atomic E-state index is 13.1. The van der Waals surface area contributed by atoms with Crippen LogP contribution >= 0.6 is 0 Å². The highest BCUT2D eigenvalue weighted by Gasteiger charge is 2.13. The number of aromatic nitrogens is 2. The zero-order valence-corrected chi connectivity index (χ0v) is 12.9. The lowest BCUT2D eigenvalue weighted by atomic mass is 10.0. The Balaban J connectivity index is 2.21. The van der Waals surface area contributed by atoms with Gasteiger partial charge in [-0.05, 0) is 36.2 Å². The molecular weight excluding hydrogens is 291 g/mol. The van der Waals surface area contributed by atoms with E-state index in [9.17, 15) is 9.18 Å². The van der Waals surface area contributed by atoms with Gasteiger partial charge in [-0.25, -0.2) is 4.39 Å². The van der Waals surface area contributed by atoms with Crippen LogP contribution in [0.15, 0.2) is 65.6 Å². The second-order valence-corrected chi connectivity index (χ2v) is 5.36. The zero-order chi connectivity index (χ0) is 16.2. The molecule has 4 heteroatoms. The van der Waals surface area contributed by atoms with Crippen molar-refractivity contribution in [3.05, 3.63) is 76.8 Å². The molecule has 0 spiro atoms. The van der Waals surface area contributed by atoms with Gasteiger partial charge in [0.15, 0.2) is 0 Å². The van der Waals surface area contributed by atoms with E-state index in [0.717, 1.165) is 12.0 Å². The lowest BCUT2D eigenvalue weighted by Gasteiger charge is -2.10. The smallest absolute Gasteiger partial charge is 0.215 e. The molecule has 0 atom stereocenters. The van der Waals surface area contributed by atoms with Crippen molar-refractivity contribution in [2.75, 3.05) is 0 Å². The van der Waals surface area contributed by atoms with Crippen LogP contribution < -0.4 is 5.43 Å². The molecule has 0 bridgehead atoms. The van der Waals surface area contributed by atoms with E-state index in [1.807, 2.05) is 30.3 Å². The standard InChI is InChI=1S/C19H17FN2O/c1-2-12-22-13-17(14-6-4-3-5-7-14)19(23)18(21-22)15-8-10-16(20)11-9-15/h3-11,13H,2,12H2,1H3. The molecule has 0 aliphatic carbocycles. The minimum absolute atomic E-state index is 0.143. The van der Waals surface area contributed by atoms with E-state index in [1.54, 1.807) is 23.0 Å². The fourth-order valence-electron chi connectivity index (χ4n) is 2.50. The van der Waals surface area contributed by atoms with Crippen molar-refractivity contribution in [1.29, 1.82) is 0 Å². The van der Waals surface area contributed by atoms with Gasteiger partial charge in [-0.1, -0.05) is 37.3 Å². The Labute approximate surface area is 134 Å². The zero-order valence-electron chi connectivity index (χ0n) is 12.9. The SMILES string of the molecule is CCCn1cc(-c2ccccc2)c(=O)c(-c2ccc(F)cc2)n1. The number of aryl methyl sites for hydroxylation is 1. The van der Waals surface area contributed by atoms with Crippen molar-refractivity contribution in [3.63, 3.8) is 0 Å². The lowest BCUT2D eigenvalue weighted by molar-refractivity contribution is 0.590. The number of halogens is 1. The molecule has 23 heavy (non-hydrogen) atoms. The predicted molar refractivity (Wildman–Crippen MR) is 89.6 cm³/mol. The minimum Gasteiger partial charge on any atom is -0.287 e. The highest BCUT2D eigenvalue weighted by Crippen LogP contribution is 2.19. The van der Waals surface area contributed by atoms with Crippen LogP contribution in [0.25, 0.3) is 22.4 Å². The van der Waals surface area contributed by atoms with Gasteiger partial charge in [0.1, 0.15) is 11.5 Å². The Morgan fingerprint density at radius 1 is 1.00 bits per heavy atom. The van der Waals surface area contributed by atoms with Crippen LogP contribution in [0.2, 0.25) is 0 Å². The third-order valence-electron chi connectivity index (χ3n) is 3.62. The first-order valence-corrected chi connectivity index (χ1v) is 7.62. The molecule has 1 heterocycles. The summed E-state index contributed by atoms with van der Waals surface area (Å²) in [4.78, 5) is 12.8. The topological polar surface area (TPSA) is 34.9 Å². The summed E-state index contributed by atoms with van der Waals surface area (Å²) < 4.78 is 14.9. The van der Waals surface area contributed by atoms with Crippen LogP contribution in [0.4, 0.5) is 4.39 Å². The second kappa shape index (κ2) is 6.57. The second-order valence-electron chi connectivity index (χ2n) is 5.36. The summed E-state index contributed by atoms with van der Waals surface area (Å²) in [6.45, 7) is 2.77. The summed E-state index contributed by atoms with van der Waals surface area (Å²) in [5.41, 5.74) is 2.29. The van der Waals surface area contributed by atoms with E-state index in [2.05, 4.69) is 12.0 Å². The molecular formula is C19H17FN2O. The van der Waals surface area contributed by atoms with E-state index in [0.29, 0.717) is 23.4 Å². The largest absolute Gasteiger partial charge is 0.287 e. The normalized spacial score (nSPS) is 10.7. The van der Waals surface area contributed by atoms with Crippen LogP contribution in [-0.4, -0.2) is 9.78 Å². The molecule has 3 aromatic rings. The molecule has 0 unspecified atom stereocenters. The van der Waals surface area contributed by atoms with Crippen LogP contribution in [0.1, 0.15) is 13.3 Å². The molecule has 1 aromatic heterocycles. The van der Waals surface area contributed by atoms with Gasteiger partial charge in [0.2, 0.25) is 5.43 Å². The molecule has 0 fully saturated rings. The molecule has 0 N–H and O–H groups in total. The van der Waals surface area contributed by atoms with Gasteiger partial charge in [-0.2, -0.15) is 5.10 Å². The van der Waals surface area contributed by atoms with E-state index in [-0.39, 0.29) is 11.2 Å². The number of hydrogen-bond acceptors (Lipinski definition) is 2.